The minimum Gasteiger partial charge on any atom is -0.370 e. The first kappa shape index (κ1) is 13.6. The van der Waals surface area contributed by atoms with E-state index < -0.39 is 0 Å². The van der Waals surface area contributed by atoms with Gasteiger partial charge in [-0.15, -0.1) is 11.8 Å². The van der Waals surface area contributed by atoms with Crippen molar-refractivity contribution in [2.75, 3.05) is 5.75 Å². The largest absolute Gasteiger partial charge is 0.370 e. The van der Waals surface area contributed by atoms with Crippen molar-refractivity contribution < 1.29 is 4.79 Å². The zero-order valence-electron chi connectivity index (χ0n) is 11.1. The molecule has 3 aromatic rings. The molecule has 0 aliphatic carbocycles. The Kier molecular flexibility index (Phi) is 3.83. The average molecular weight is 299 g/mol. The van der Waals surface area contributed by atoms with Crippen LogP contribution in [0.4, 0.5) is 0 Å². The molecule has 1 amide bonds. The molecule has 106 valence electrons. The molecule has 0 fully saturated rings. The van der Waals surface area contributed by atoms with E-state index in [1.807, 2.05) is 30.3 Å². The smallest absolute Gasteiger partial charge is 0.218 e. The van der Waals surface area contributed by atoms with Gasteiger partial charge in [-0.1, -0.05) is 18.2 Å². The zero-order valence-corrected chi connectivity index (χ0v) is 12.0. The van der Waals surface area contributed by atoms with Crippen molar-refractivity contribution in [2.24, 2.45) is 5.73 Å². The summed E-state index contributed by atoms with van der Waals surface area (Å²) in [5.41, 5.74) is 6.84. The summed E-state index contributed by atoms with van der Waals surface area (Å²) in [6, 6.07) is 9.79. The molecule has 0 aliphatic heterocycles. The molecule has 2 heterocycles. The standard InChI is InChI=1S/C14H13N5OS/c15-12(20)6-7-21-14-11-8-18-19(13(11)16-9-17-14)10-4-2-1-3-5-10/h1-5,8-9H,6-7H2,(H2,15,20). The molecule has 0 atom stereocenters. The number of carbonyl (C=O) groups is 1. The predicted octanol–water partition coefficient (Wildman–Crippen LogP) is 1.78. The third-order valence-electron chi connectivity index (χ3n) is 2.92. The van der Waals surface area contributed by atoms with E-state index in [0.29, 0.717) is 12.2 Å². The highest BCUT2D eigenvalue weighted by Crippen LogP contribution is 2.25. The van der Waals surface area contributed by atoms with Crippen LogP contribution >= 0.6 is 11.8 Å². The molecule has 0 bridgehead atoms. The first-order valence-electron chi connectivity index (χ1n) is 6.41. The van der Waals surface area contributed by atoms with E-state index >= 15 is 0 Å². The Morgan fingerprint density at radius 3 is 2.81 bits per heavy atom. The fraction of sp³-hybridized carbons (Fsp3) is 0.143. The zero-order chi connectivity index (χ0) is 14.7. The summed E-state index contributed by atoms with van der Waals surface area (Å²) < 4.78 is 1.77. The van der Waals surface area contributed by atoms with Gasteiger partial charge in [-0.3, -0.25) is 4.79 Å². The number of nitrogens with two attached hydrogens (primary N) is 1. The molecule has 3 rings (SSSR count). The number of hydrogen-bond donors (Lipinski definition) is 1. The van der Waals surface area contributed by atoms with Crippen LogP contribution in [-0.4, -0.2) is 31.4 Å². The number of nitrogens with zero attached hydrogens (tertiary/aromatic N) is 4. The Morgan fingerprint density at radius 2 is 2.05 bits per heavy atom. The lowest BCUT2D eigenvalue weighted by Crippen LogP contribution is -2.10. The second-order valence-electron chi connectivity index (χ2n) is 4.37. The lowest BCUT2D eigenvalue weighted by Gasteiger charge is -2.03. The van der Waals surface area contributed by atoms with Gasteiger partial charge < -0.3 is 5.73 Å². The van der Waals surface area contributed by atoms with E-state index in [2.05, 4.69) is 15.1 Å². The fourth-order valence-electron chi connectivity index (χ4n) is 1.94. The molecule has 0 spiro atoms. The van der Waals surface area contributed by atoms with Crippen LogP contribution in [0.3, 0.4) is 0 Å². The van der Waals surface area contributed by atoms with Crippen LogP contribution in [0.2, 0.25) is 0 Å². The van der Waals surface area contributed by atoms with Crippen LogP contribution in [0, 0.1) is 0 Å². The van der Waals surface area contributed by atoms with Gasteiger partial charge >= 0.3 is 0 Å². The van der Waals surface area contributed by atoms with Gasteiger partial charge in [0, 0.05) is 12.2 Å². The molecule has 0 aliphatic rings. The summed E-state index contributed by atoms with van der Waals surface area (Å²) in [5, 5.41) is 6.06. The van der Waals surface area contributed by atoms with Gasteiger partial charge in [0.2, 0.25) is 5.91 Å². The van der Waals surface area contributed by atoms with Crippen molar-refractivity contribution in [1.82, 2.24) is 19.7 Å². The third-order valence-corrected chi connectivity index (χ3v) is 3.92. The second kappa shape index (κ2) is 5.92. The first-order valence-corrected chi connectivity index (χ1v) is 7.39. The number of aromatic nitrogens is 4. The van der Waals surface area contributed by atoms with E-state index in [-0.39, 0.29) is 5.91 Å². The highest BCUT2D eigenvalue weighted by molar-refractivity contribution is 7.99. The molecule has 0 radical (unpaired) electrons. The van der Waals surface area contributed by atoms with Gasteiger partial charge in [-0.25, -0.2) is 14.6 Å². The van der Waals surface area contributed by atoms with Gasteiger partial charge in [-0.05, 0) is 12.1 Å². The monoisotopic (exact) mass is 299 g/mol. The van der Waals surface area contributed by atoms with Crippen molar-refractivity contribution in [3.63, 3.8) is 0 Å². The minimum absolute atomic E-state index is 0.312. The Hall–Kier alpha value is -2.41. The third kappa shape index (κ3) is 2.87. The molecular formula is C14H13N5OS. The average Bonchev–Trinajstić information content (AvgIpc) is 2.92. The Labute approximate surface area is 125 Å². The van der Waals surface area contributed by atoms with Crippen molar-refractivity contribution in [1.29, 1.82) is 0 Å². The number of amides is 1. The Balaban J connectivity index is 1.95. The van der Waals surface area contributed by atoms with Gasteiger partial charge in [0.1, 0.15) is 11.4 Å². The quantitative estimate of drug-likeness (QED) is 0.573. The van der Waals surface area contributed by atoms with Crippen LogP contribution in [0.15, 0.2) is 47.9 Å². The van der Waals surface area contributed by atoms with E-state index in [0.717, 1.165) is 21.7 Å². The summed E-state index contributed by atoms with van der Waals surface area (Å²) in [6.45, 7) is 0. The van der Waals surface area contributed by atoms with Crippen LogP contribution in [0.25, 0.3) is 16.7 Å². The van der Waals surface area contributed by atoms with E-state index in [1.165, 1.54) is 18.1 Å². The lowest BCUT2D eigenvalue weighted by molar-refractivity contribution is -0.117. The predicted molar refractivity (Wildman–Crippen MR) is 81.2 cm³/mol. The first-order chi connectivity index (χ1) is 10.3. The number of thioether (sulfide) groups is 1. The molecule has 21 heavy (non-hydrogen) atoms. The number of benzene rings is 1. The van der Waals surface area contributed by atoms with Crippen LogP contribution in [-0.2, 0) is 4.79 Å². The molecular weight excluding hydrogens is 286 g/mol. The number of carbonyl (C=O) groups excluding carboxylic acids is 1. The van der Waals surface area contributed by atoms with Gasteiger partial charge in [-0.2, -0.15) is 5.10 Å². The van der Waals surface area contributed by atoms with E-state index in [4.69, 9.17) is 5.73 Å². The normalized spacial score (nSPS) is 10.9. The molecule has 2 N–H and O–H groups in total. The minimum atomic E-state index is -0.312. The van der Waals surface area contributed by atoms with Crippen LogP contribution in [0.1, 0.15) is 6.42 Å². The molecule has 0 saturated heterocycles. The Morgan fingerprint density at radius 1 is 1.24 bits per heavy atom. The number of primary amides is 1. The number of rotatable bonds is 5. The van der Waals surface area contributed by atoms with Gasteiger partial charge in [0.05, 0.1) is 17.3 Å². The van der Waals surface area contributed by atoms with Crippen LogP contribution in [0.5, 0.6) is 0 Å². The number of fused-ring (bicyclic) bond motifs is 1. The molecule has 2 aromatic heterocycles. The summed E-state index contributed by atoms with van der Waals surface area (Å²) in [6.07, 6.45) is 3.58. The van der Waals surface area contributed by atoms with Gasteiger partial charge in [0.15, 0.2) is 5.65 Å². The molecule has 7 heteroatoms. The summed E-state index contributed by atoms with van der Waals surface area (Å²) >= 11 is 1.48. The SMILES string of the molecule is NC(=O)CCSc1ncnc2c1cnn2-c1ccccc1. The summed E-state index contributed by atoms with van der Waals surface area (Å²) in [7, 11) is 0. The number of para-hydroxylation sites is 1. The lowest BCUT2D eigenvalue weighted by atomic mass is 10.3. The number of hydrogen-bond acceptors (Lipinski definition) is 5. The highest BCUT2D eigenvalue weighted by Gasteiger charge is 2.11. The maximum Gasteiger partial charge on any atom is 0.218 e. The van der Waals surface area contributed by atoms with E-state index in [9.17, 15) is 4.79 Å². The summed E-state index contributed by atoms with van der Waals surface area (Å²) in [4.78, 5) is 19.4. The van der Waals surface area contributed by atoms with Crippen molar-refractivity contribution in [3.8, 4) is 5.69 Å². The van der Waals surface area contributed by atoms with Crippen molar-refractivity contribution >= 4 is 28.7 Å². The summed E-state index contributed by atoms with van der Waals surface area (Å²) in [5.74, 6) is 0.283. The van der Waals surface area contributed by atoms with Crippen LogP contribution < -0.4 is 5.73 Å². The molecule has 1 aromatic carbocycles. The maximum atomic E-state index is 10.8. The molecule has 6 nitrogen and oxygen atoms in total. The van der Waals surface area contributed by atoms with Crippen molar-refractivity contribution in [3.05, 3.63) is 42.9 Å². The highest BCUT2D eigenvalue weighted by atomic mass is 32.2. The fourth-order valence-corrected chi connectivity index (χ4v) is 2.86. The van der Waals surface area contributed by atoms with Crippen molar-refractivity contribution in [2.45, 2.75) is 11.4 Å². The van der Waals surface area contributed by atoms with E-state index in [1.54, 1.807) is 10.9 Å². The molecule has 0 unspecified atom stereocenters. The Bertz CT molecular complexity index is 771. The topological polar surface area (TPSA) is 86.7 Å². The second-order valence-corrected chi connectivity index (χ2v) is 5.46. The molecule has 0 saturated carbocycles. The maximum absolute atomic E-state index is 10.8. The van der Waals surface area contributed by atoms with Gasteiger partial charge in [0.25, 0.3) is 0 Å².